The van der Waals surface area contributed by atoms with Crippen molar-refractivity contribution in [3.05, 3.63) is 113 Å². The fraction of sp³-hybridized carbons (Fsp3) is 0.353. The van der Waals surface area contributed by atoms with Gasteiger partial charge in [-0.2, -0.15) is 5.10 Å². The SMILES string of the molecule is CCN1CCN(c2c(CN(C(=O)C(c3ccccc3)c3ccccc3)C3CC3)c(C)nn2-c2cccc(F)c2)CC1. The van der Waals surface area contributed by atoms with Gasteiger partial charge >= 0.3 is 0 Å². The maximum Gasteiger partial charge on any atom is 0.235 e. The molecule has 0 unspecified atom stereocenters. The number of benzene rings is 3. The second-order valence-electron chi connectivity index (χ2n) is 11.2. The lowest BCUT2D eigenvalue weighted by Gasteiger charge is -2.36. The van der Waals surface area contributed by atoms with Crippen LogP contribution in [0.1, 0.15) is 48.1 Å². The van der Waals surface area contributed by atoms with Crippen LogP contribution in [-0.4, -0.2) is 64.3 Å². The molecule has 0 radical (unpaired) electrons. The first-order valence-electron chi connectivity index (χ1n) is 14.8. The summed E-state index contributed by atoms with van der Waals surface area (Å²) in [7, 11) is 0. The van der Waals surface area contributed by atoms with E-state index in [0.29, 0.717) is 12.2 Å². The molecule has 0 atom stereocenters. The van der Waals surface area contributed by atoms with Crippen LogP contribution in [0.2, 0.25) is 0 Å². The van der Waals surface area contributed by atoms with E-state index in [1.807, 2.05) is 78.3 Å². The maximum atomic E-state index is 14.6. The third-order valence-corrected chi connectivity index (χ3v) is 8.44. The largest absolute Gasteiger partial charge is 0.354 e. The molecule has 0 N–H and O–H groups in total. The average molecular weight is 552 g/mol. The zero-order chi connectivity index (χ0) is 28.3. The Morgan fingerprint density at radius 3 is 2.12 bits per heavy atom. The van der Waals surface area contributed by atoms with Gasteiger partial charge in [0.2, 0.25) is 5.91 Å². The van der Waals surface area contributed by atoms with Crippen molar-refractivity contribution >= 4 is 11.7 Å². The van der Waals surface area contributed by atoms with Crippen LogP contribution in [0.4, 0.5) is 10.2 Å². The number of hydrogen-bond donors (Lipinski definition) is 0. The van der Waals surface area contributed by atoms with E-state index in [2.05, 4.69) is 21.6 Å². The predicted octanol–water partition coefficient (Wildman–Crippen LogP) is 5.78. The molecule has 0 bridgehead atoms. The number of piperazine rings is 1. The number of amides is 1. The van der Waals surface area contributed by atoms with Gasteiger partial charge in [0.05, 0.1) is 23.8 Å². The number of rotatable bonds is 9. The van der Waals surface area contributed by atoms with Gasteiger partial charge in [-0.3, -0.25) is 4.79 Å². The molecule has 7 heteroatoms. The van der Waals surface area contributed by atoms with Crippen molar-refractivity contribution in [2.75, 3.05) is 37.6 Å². The van der Waals surface area contributed by atoms with Crippen molar-refractivity contribution in [3.63, 3.8) is 0 Å². The average Bonchev–Trinajstić information content (AvgIpc) is 3.80. The molecular formula is C34H38FN5O. The molecule has 0 spiro atoms. The molecule has 41 heavy (non-hydrogen) atoms. The molecule has 1 aliphatic heterocycles. The van der Waals surface area contributed by atoms with E-state index in [0.717, 1.165) is 73.8 Å². The summed E-state index contributed by atoms with van der Waals surface area (Å²) in [5.41, 5.74) is 4.61. The van der Waals surface area contributed by atoms with Crippen LogP contribution in [0.5, 0.6) is 0 Å². The summed E-state index contributed by atoms with van der Waals surface area (Å²) in [4.78, 5) is 21.5. The number of halogens is 1. The van der Waals surface area contributed by atoms with E-state index >= 15 is 0 Å². The summed E-state index contributed by atoms with van der Waals surface area (Å²) >= 11 is 0. The number of nitrogens with zero attached hydrogens (tertiary/aromatic N) is 5. The Morgan fingerprint density at radius 1 is 0.927 bits per heavy atom. The predicted molar refractivity (Wildman–Crippen MR) is 161 cm³/mol. The third-order valence-electron chi connectivity index (χ3n) is 8.44. The fourth-order valence-electron chi connectivity index (χ4n) is 6.00. The van der Waals surface area contributed by atoms with Crippen molar-refractivity contribution in [2.24, 2.45) is 0 Å². The minimum atomic E-state index is -0.381. The number of aryl methyl sites for hydroxylation is 1. The zero-order valence-electron chi connectivity index (χ0n) is 23.9. The van der Waals surface area contributed by atoms with Gasteiger partial charge in [0, 0.05) is 37.8 Å². The van der Waals surface area contributed by atoms with Crippen molar-refractivity contribution in [1.82, 2.24) is 19.6 Å². The Kier molecular flexibility index (Phi) is 7.88. The molecule has 1 saturated carbocycles. The molecule has 1 saturated heterocycles. The second-order valence-corrected chi connectivity index (χ2v) is 11.2. The van der Waals surface area contributed by atoms with Crippen molar-refractivity contribution < 1.29 is 9.18 Å². The summed E-state index contributed by atoms with van der Waals surface area (Å²) in [6, 6.07) is 27.0. The molecule has 6 nitrogen and oxygen atoms in total. The van der Waals surface area contributed by atoms with Crippen LogP contribution >= 0.6 is 0 Å². The van der Waals surface area contributed by atoms with E-state index in [4.69, 9.17) is 5.10 Å². The smallest absolute Gasteiger partial charge is 0.235 e. The molecule has 2 heterocycles. The number of likely N-dealkylation sites (N-methyl/N-ethyl adjacent to an activating group) is 1. The van der Waals surface area contributed by atoms with Gasteiger partial charge in [0.25, 0.3) is 0 Å². The topological polar surface area (TPSA) is 44.6 Å². The van der Waals surface area contributed by atoms with Crippen molar-refractivity contribution in [2.45, 2.75) is 45.2 Å². The van der Waals surface area contributed by atoms with E-state index in [1.54, 1.807) is 6.07 Å². The molecular weight excluding hydrogens is 513 g/mol. The second kappa shape index (κ2) is 11.9. The standard InChI is InChI=1S/C34H38FN5O/c1-3-37-19-21-38(22-20-37)33-31(25(2)36-40(33)30-16-10-15-28(35)23-30)24-39(29-17-18-29)34(41)32(26-11-6-4-7-12-26)27-13-8-5-9-14-27/h4-16,23,29,32H,3,17-22,24H2,1-2H3. The number of aromatic nitrogens is 2. The van der Waals surface area contributed by atoms with E-state index in [1.165, 1.54) is 12.1 Å². The van der Waals surface area contributed by atoms with Crippen molar-refractivity contribution in [3.8, 4) is 5.69 Å². The van der Waals surface area contributed by atoms with Gasteiger partial charge in [-0.15, -0.1) is 0 Å². The first kappa shape index (κ1) is 27.2. The van der Waals surface area contributed by atoms with Crippen molar-refractivity contribution in [1.29, 1.82) is 0 Å². The molecule has 1 aliphatic carbocycles. The van der Waals surface area contributed by atoms with Crippen LogP contribution in [0.25, 0.3) is 5.69 Å². The summed E-state index contributed by atoms with van der Waals surface area (Å²) in [6.07, 6.45) is 2.01. The molecule has 2 aliphatic rings. The lowest BCUT2D eigenvalue weighted by molar-refractivity contribution is -0.133. The number of anilines is 1. The van der Waals surface area contributed by atoms with Gasteiger partial charge in [-0.1, -0.05) is 73.7 Å². The summed E-state index contributed by atoms with van der Waals surface area (Å²) in [5.74, 6) is 0.415. The molecule has 212 valence electrons. The summed E-state index contributed by atoms with van der Waals surface area (Å²) in [6.45, 7) is 9.33. The summed E-state index contributed by atoms with van der Waals surface area (Å²) < 4.78 is 16.2. The number of carbonyl (C=O) groups is 1. The van der Waals surface area contributed by atoms with Crippen LogP contribution < -0.4 is 4.90 Å². The lowest BCUT2D eigenvalue weighted by atomic mass is 9.89. The zero-order valence-corrected chi connectivity index (χ0v) is 23.9. The Balaban J connectivity index is 1.40. The van der Waals surface area contributed by atoms with E-state index in [-0.39, 0.29) is 23.7 Å². The highest BCUT2D eigenvalue weighted by Crippen LogP contribution is 2.37. The molecule has 2 fully saturated rings. The Labute approximate surface area is 242 Å². The van der Waals surface area contributed by atoms with E-state index in [9.17, 15) is 9.18 Å². The highest BCUT2D eigenvalue weighted by Gasteiger charge is 2.39. The van der Waals surface area contributed by atoms with Crippen LogP contribution in [-0.2, 0) is 11.3 Å². The van der Waals surface area contributed by atoms with Crippen LogP contribution in [0, 0.1) is 12.7 Å². The monoisotopic (exact) mass is 551 g/mol. The van der Waals surface area contributed by atoms with Crippen LogP contribution in [0.15, 0.2) is 84.9 Å². The summed E-state index contributed by atoms with van der Waals surface area (Å²) in [5, 5.41) is 4.95. The highest BCUT2D eigenvalue weighted by molar-refractivity contribution is 5.88. The number of carbonyl (C=O) groups excluding carboxylic acids is 1. The van der Waals surface area contributed by atoms with Crippen LogP contribution in [0.3, 0.4) is 0 Å². The van der Waals surface area contributed by atoms with Gasteiger partial charge in [0.1, 0.15) is 11.6 Å². The molecule has 1 aromatic heterocycles. The Hall–Kier alpha value is -3.97. The first-order valence-corrected chi connectivity index (χ1v) is 14.8. The molecule has 6 rings (SSSR count). The highest BCUT2D eigenvalue weighted by atomic mass is 19.1. The normalized spacial score (nSPS) is 15.9. The first-order chi connectivity index (χ1) is 20.0. The lowest BCUT2D eigenvalue weighted by Crippen LogP contribution is -2.47. The van der Waals surface area contributed by atoms with Gasteiger partial charge in [-0.05, 0) is 55.6 Å². The van der Waals surface area contributed by atoms with Gasteiger partial charge < -0.3 is 14.7 Å². The maximum absolute atomic E-state index is 14.6. The minimum Gasteiger partial charge on any atom is -0.354 e. The quantitative estimate of drug-likeness (QED) is 0.264. The van der Waals surface area contributed by atoms with E-state index < -0.39 is 0 Å². The Morgan fingerprint density at radius 2 is 1.56 bits per heavy atom. The minimum absolute atomic E-state index is 0.115. The molecule has 3 aromatic carbocycles. The molecule has 1 amide bonds. The van der Waals surface area contributed by atoms with Gasteiger partial charge in [-0.25, -0.2) is 9.07 Å². The molecule has 4 aromatic rings. The Bertz CT molecular complexity index is 1440. The van der Waals surface area contributed by atoms with Gasteiger partial charge in [0.15, 0.2) is 0 Å². The third kappa shape index (κ3) is 5.77. The number of hydrogen-bond acceptors (Lipinski definition) is 4. The fourth-order valence-corrected chi connectivity index (χ4v) is 6.00.